The van der Waals surface area contributed by atoms with Crippen LogP contribution in [0.5, 0.6) is 0 Å². The number of allylic oxidation sites excluding steroid dienone is 4. The van der Waals surface area contributed by atoms with Crippen molar-refractivity contribution in [3.05, 3.63) is 218 Å². The van der Waals surface area contributed by atoms with Gasteiger partial charge in [-0.2, -0.15) is 0 Å². The van der Waals surface area contributed by atoms with Crippen LogP contribution in [0.1, 0.15) is 18.0 Å². The molecule has 0 N–H and O–H groups in total. The Balaban J connectivity index is 1.20. The highest BCUT2D eigenvalue weighted by molar-refractivity contribution is 6.21. The Hall–Kier alpha value is -7.56. The number of benzene rings is 6. The maximum absolute atomic E-state index is 6.31. The molecule has 1 atom stereocenters. The Morgan fingerprint density at radius 3 is 1.36 bits per heavy atom. The predicted octanol–water partition coefficient (Wildman–Crippen LogP) is 14.7. The highest BCUT2D eigenvalue weighted by atomic mass is 16.3. The maximum Gasteiger partial charge on any atom is 0.135 e. The van der Waals surface area contributed by atoms with Crippen molar-refractivity contribution in [2.75, 3.05) is 0 Å². The minimum absolute atomic E-state index is 0.256. The minimum Gasteiger partial charge on any atom is -0.464 e. The van der Waals surface area contributed by atoms with E-state index >= 15 is 0 Å². The lowest BCUT2D eigenvalue weighted by Crippen LogP contribution is -2.07. The highest BCUT2D eigenvalue weighted by Crippen LogP contribution is 2.46. The van der Waals surface area contributed by atoms with Gasteiger partial charge in [0.05, 0.1) is 29.6 Å². The largest absolute Gasteiger partial charge is 0.464 e. The molecule has 1 unspecified atom stereocenters. The third-order valence-corrected chi connectivity index (χ3v) is 11.5. The summed E-state index contributed by atoms with van der Waals surface area (Å²) in [6.45, 7) is 0. The fourth-order valence-corrected chi connectivity index (χ4v) is 8.90. The Kier molecular flexibility index (Phi) is 8.25. The second-order valence-electron chi connectivity index (χ2n) is 14.8. The maximum atomic E-state index is 6.31. The first-order chi connectivity index (χ1) is 28.8. The smallest absolute Gasteiger partial charge is 0.135 e. The van der Waals surface area contributed by atoms with E-state index < -0.39 is 0 Å². The van der Waals surface area contributed by atoms with Gasteiger partial charge in [-0.15, -0.1) is 0 Å². The summed E-state index contributed by atoms with van der Waals surface area (Å²) in [5.41, 5.74) is 12.4. The summed E-state index contributed by atoms with van der Waals surface area (Å²) < 4.78 is 17.4. The molecule has 1 aliphatic carbocycles. The van der Waals surface area contributed by atoms with E-state index in [4.69, 9.17) is 8.83 Å². The van der Waals surface area contributed by atoms with Crippen LogP contribution < -0.4 is 0 Å². The molecular weight excluding hydrogens is 709 g/mol. The van der Waals surface area contributed by atoms with Crippen LogP contribution in [0.25, 0.3) is 89.3 Å². The number of fused-ring (bicyclic) bond motifs is 2. The SMILES string of the molecule is C1=CCC(c2ccc(-c3ccccc3)n2-c2ccc3c(-c4ccco4)c4cc(-n5c(-c6ccccc6)ccc5-c5ccccc5)ccc4c(-c4ccco4)c3c2)C=C1. The molecule has 276 valence electrons. The molecule has 4 heterocycles. The van der Waals surface area contributed by atoms with Gasteiger partial charge in [-0.25, -0.2) is 0 Å². The third kappa shape index (κ3) is 5.69. The van der Waals surface area contributed by atoms with Crippen LogP contribution in [0, 0.1) is 0 Å². The van der Waals surface area contributed by atoms with Gasteiger partial charge in [0.1, 0.15) is 11.5 Å². The Bertz CT molecular complexity index is 3050. The fraction of sp³-hybridized carbons (Fsp3) is 0.0370. The van der Waals surface area contributed by atoms with Crippen LogP contribution in [0.4, 0.5) is 0 Å². The van der Waals surface area contributed by atoms with Gasteiger partial charge >= 0.3 is 0 Å². The molecule has 0 radical (unpaired) electrons. The standard InChI is InChI=1S/C54H38N2O2/c1-5-15-37(16-6-1)47-29-30-48(38-17-7-2-8-18-38)55(47)41-25-27-43-45(35-41)53(51-23-13-33-57-51)44-28-26-42(36-46(44)54(43)52-24-14-34-58-52)56-49(39-19-9-3-10-20-39)31-32-50(56)40-21-11-4-12-22-40/h1-21,23-36,40H,22H2. The van der Waals surface area contributed by atoms with Crippen molar-refractivity contribution < 1.29 is 8.83 Å². The summed E-state index contributed by atoms with van der Waals surface area (Å²) in [5, 5.41) is 4.34. The van der Waals surface area contributed by atoms with Gasteiger partial charge in [0.2, 0.25) is 0 Å². The molecule has 58 heavy (non-hydrogen) atoms. The Labute approximate surface area is 336 Å². The van der Waals surface area contributed by atoms with E-state index in [9.17, 15) is 0 Å². The van der Waals surface area contributed by atoms with Crippen molar-refractivity contribution in [3.8, 4) is 67.8 Å². The molecule has 0 bridgehead atoms. The Morgan fingerprint density at radius 2 is 0.897 bits per heavy atom. The van der Waals surface area contributed by atoms with Crippen LogP contribution >= 0.6 is 0 Å². The number of nitrogens with zero attached hydrogens (tertiary/aromatic N) is 2. The van der Waals surface area contributed by atoms with Crippen molar-refractivity contribution in [1.29, 1.82) is 0 Å². The normalized spacial score (nSPS) is 13.8. The molecule has 6 aromatic carbocycles. The van der Waals surface area contributed by atoms with Crippen LogP contribution in [-0.2, 0) is 0 Å². The van der Waals surface area contributed by atoms with Gasteiger partial charge in [0.15, 0.2) is 0 Å². The number of aromatic nitrogens is 2. The van der Waals surface area contributed by atoms with E-state index in [1.807, 2.05) is 12.1 Å². The van der Waals surface area contributed by atoms with E-state index in [1.54, 1.807) is 12.5 Å². The minimum atomic E-state index is 0.256. The van der Waals surface area contributed by atoms with Gasteiger partial charge in [-0.1, -0.05) is 127 Å². The number of rotatable bonds is 8. The molecule has 0 aliphatic heterocycles. The number of hydrogen-bond acceptors (Lipinski definition) is 2. The van der Waals surface area contributed by atoms with Crippen molar-refractivity contribution >= 4 is 21.5 Å². The lowest BCUT2D eigenvalue weighted by molar-refractivity contribution is 0.582. The van der Waals surface area contributed by atoms with E-state index in [0.29, 0.717) is 0 Å². The summed E-state index contributed by atoms with van der Waals surface area (Å²) in [4.78, 5) is 0. The second kappa shape index (κ2) is 14.2. The summed E-state index contributed by atoms with van der Waals surface area (Å²) in [6, 6.07) is 62.8. The van der Waals surface area contributed by atoms with E-state index in [0.717, 1.165) is 90.2 Å². The highest BCUT2D eigenvalue weighted by Gasteiger charge is 2.24. The zero-order chi connectivity index (χ0) is 38.4. The molecule has 0 saturated carbocycles. The van der Waals surface area contributed by atoms with Gasteiger partial charge < -0.3 is 18.0 Å². The first-order valence-corrected chi connectivity index (χ1v) is 19.8. The van der Waals surface area contributed by atoms with E-state index in [-0.39, 0.29) is 5.92 Å². The summed E-state index contributed by atoms with van der Waals surface area (Å²) >= 11 is 0. The topological polar surface area (TPSA) is 36.1 Å². The molecule has 4 heteroatoms. The first-order valence-electron chi connectivity index (χ1n) is 19.8. The molecule has 4 nitrogen and oxygen atoms in total. The first kappa shape index (κ1) is 33.8. The van der Waals surface area contributed by atoms with Gasteiger partial charge in [-0.3, -0.25) is 0 Å². The number of furan rings is 2. The average Bonchev–Trinajstić information content (AvgIpc) is 4.15. The summed E-state index contributed by atoms with van der Waals surface area (Å²) in [6.07, 6.45) is 13.4. The van der Waals surface area contributed by atoms with Gasteiger partial charge in [0, 0.05) is 34.1 Å². The molecule has 0 fully saturated rings. The molecule has 11 rings (SSSR count). The summed E-state index contributed by atoms with van der Waals surface area (Å²) in [7, 11) is 0. The van der Waals surface area contributed by atoms with Crippen LogP contribution in [-0.4, -0.2) is 9.13 Å². The van der Waals surface area contributed by atoms with Crippen LogP contribution in [0.15, 0.2) is 222 Å². The monoisotopic (exact) mass is 746 g/mol. The fourth-order valence-electron chi connectivity index (χ4n) is 8.90. The van der Waals surface area contributed by atoms with Crippen LogP contribution in [0.3, 0.4) is 0 Å². The predicted molar refractivity (Wildman–Crippen MR) is 237 cm³/mol. The van der Waals surface area contributed by atoms with Crippen molar-refractivity contribution in [3.63, 3.8) is 0 Å². The van der Waals surface area contributed by atoms with Crippen LogP contribution in [0.2, 0.25) is 0 Å². The average molecular weight is 747 g/mol. The van der Waals surface area contributed by atoms with Crippen molar-refractivity contribution in [1.82, 2.24) is 9.13 Å². The third-order valence-electron chi connectivity index (χ3n) is 11.5. The molecular formula is C54H38N2O2. The molecule has 1 aliphatic rings. The molecule has 10 aromatic rings. The number of hydrogen-bond donors (Lipinski definition) is 0. The molecule has 0 amide bonds. The van der Waals surface area contributed by atoms with Crippen molar-refractivity contribution in [2.45, 2.75) is 12.3 Å². The van der Waals surface area contributed by atoms with E-state index in [1.165, 1.54) is 11.3 Å². The quantitative estimate of drug-likeness (QED) is 0.145. The van der Waals surface area contributed by atoms with Crippen molar-refractivity contribution in [2.24, 2.45) is 0 Å². The molecule has 0 saturated heterocycles. The van der Waals surface area contributed by atoms with Gasteiger partial charge in [0.25, 0.3) is 0 Å². The zero-order valence-electron chi connectivity index (χ0n) is 31.7. The van der Waals surface area contributed by atoms with E-state index in [2.05, 4.69) is 197 Å². The Morgan fingerprint density at radius 1 is 0.414 bits per heavy atom. The lowest BCUT2D eigenvalue weighted by atomic mass is 9.88. The van der Waals surface area contributed by atoms with Gasteiger partial charge in [-0.05, 0) is 117 Å². The lowest BCUT2D eigenvalue weighted by Gasteiger charge is -2.22. The molecule has 0 spiro atoms. The molecule has 4 aromatic heterocycles. The summed E-state index contributed by atoms with van der Waals surface area (Å²) in [5.74, 6) is 1.89. The zero-order valence-corrected chi connectivity index (χ0v) is 31.7. The second-order valence-corrected chi connectivity index (χ2v) is 14.8.